The highest BCUT2D eigenvalue weighted by Gasteiger charge is 2.31. The molecule has 1 aromatic rings. The Balaban J connectivity index is 2.05. The van der Waals surface area contributed by atoms with Gasteiger partial charge in [-0.05, 0) is 52.0 Å². The fourth-order valence-corrected chi connectivity index (χ4v) is 3.02. The van der Waals surface area contributed by atoms with Crippen molar-refractivity contribution in [3.8, 4) is 0 Å². The minimum Gasteiger partial charge on any atom is -0.442 e. The predicted octanol–water partition coefficient (Wildman–Crippen LogP) is 3.43. The Labute approximate surface area is 153 Å². The van der Waals surface area contributed by atoms with E-state index in [9.17, 15) is 9.59 Å². The Hall–Kier alpha value is -2.02. The lowest BCUT2D eigenvalue weighted by molar-refractivity contribution is -0.120. The normalized spacial score (nSPS) is 18.2. The van der Waals surface area contributed by atoms with Crippen LogP contribution in [-0.4, -0.2) is 41.6 Å². The molecule has 2 amide bonds. The van der Waals surface area contributed by atoms with Gasteiger partial charge in [-0.3, -0.25) is 4.79 Å². The number of hydrogen-bond donors (Lipinski definition) is 1. The van der Waals surface area contributed by atoms with E-state index in [-0.39, 0.29) is 17.1 Å². The summed E-state index contributed by atoms with van der Waals surface area (Å²) in [6.07, 6.45) is 2.77. The molecule has 0 radical (unpaired) electrons. The van der Waals surface area contributed by atoms with Gasteiger partial charge in [-0.2, -0.15) is 4.99 Å². The first-order chi connectivity index (χ1) is 11.8. The van der Waals surface area contributed by atoms with Gasteiger partial charge in [-0.25, -0.2) is 4.79 Å². The summed E-state index contributed by atoms with van der Waals surface area (Å²) >= 11 is 1.21. The summed E-state index contributed by atoms with van der Waals surface area (Å²) < 4.78 is 5.17. The molecular weight excluding hydrogens is 338 g/mol. The number of para-hydroxylation sites is 1. The van der Waals surface area contributed by atoms with E-state index in [4.69, 9.17) is 4.74 Å². The lowest BCUT2D eigenvalue weighted by atomic mass is 10.2. The number of benzene rings is 1. The van der Waals surface area contributed by atoms with Crippen molar-refractivity contribution in [2.24, 2.45) is 4.99 Å². The lowest BCUT2D eigenvalue weighted by Gasteiger charge is -2.26. The second-order valence-electron chi connectivity index (χ2n) is 6.78. The van der Waals surface area contributed by atoms with E-state index in [1.807, 2.05) is 30.3 Å². The fourth-order valence-electron chi connectivity index (χ4n) is 2.65. The van der Waals surface area contributed by atoms with Crippen molar-refractivity contribution in [3.05, 3.63) is 30.3 Å². The van der Waals surface area contributed by atoms with Gasteiger partial charge < -0.3 is 15.0 Å². The van der Waals surface area contributed by atoms with Crippen LogP contribution in [0.2, 0.25) is 0 Å². The van der Waals surface area contributed by atoms with Crippen LogP contribution in [0.1, 0.15) is 33.6 Å². The molecule has 0 saturated carbocycles. The molecule has 0 aliphatic carbocycles. The van der Waals surface area contributed by atoms with Crippen molar-refractivity contribution in [2.75, 3.05) is 17.7 Å². The minimum absolute atomic E-state index is 0.155. The molecule has 1 atom stereocenters. The molecule has 1 aromatic carbocycles. The lowest BCUT2D eigenvalue weighted by Crippen LogP contribution is -2.45. The summed E-state index contributed by atoms with van der Waals surface area (Å²) in [4.78, 5) is 30.4. The number of nitrogens with one attached hydrogen (secondary N) is 1. The smallest absolute Gasteiger partial charge is 0.436 e. The van der Waals surface area contributed by atoms with Crippen LogP contribution < -0.4 is 10.2 Å². The summed E-state index contributed by atoms with van der Waals surface area (Å²) in [5.41, 5.74) is 0.402. The van der Waals surface area contributed by atoms with E-state index in [0.29, 0.717) is 0 Å². The molecule has 1 aliphatic rings. The quantitative estimate of drug-likeness (QED) is 0.644. The van der Waals surface area contributed by atoms with Gasteiger partial charge in [0.25, 0.3) is 0 Å². The van der Waals surface area contributed by atoms with Crippen LogP contribution in [0.5, 0.6) is 0 Å². The van der Waals surface area contributed by atoms with Crippen LogP contribution in [0.4, 0.5) is 10.5 Å². The number of anilines is 1. The molecule has 2 rings (SSSR count). The van der Waals surface area contributed by atoms with E-state index in [1.165, 1.54) is 11.8 Å². The van der Waals surface area contributed by atoms with Crippen molar-refractivity contribution in [3.63, 3.8) is 0 Å². The molecule has 0 spiro atoms. The van der Waals surface area contributed by atoms with Gasteiger partial charge in [0, 0.05) is 12.2 Å². The van der Waals surface area contributed by atoms with Crippen molar-refractivity contribution in [1.82, 2.24) is 5.32 Å². The summed E-state index contributed by atoms with van der Waals surface area (Å²) in [6.45, 7) is 6.15. The van der Waals surface area contributed by atoms with E-state index in [1.54, 1.807) is 27.0 Å². The van der Waals surface area contributed by atoms with E-state index >= 15 is 0 Å². The van der Waals surface area contributed by atoms with Crippen LogP contribution in [-0.2, 0) is 9.53 Å². The molecule has 1 heterocycles. The largest absolute Gasteiger partial charge is 0.442 e. The Kier molecular flexibility index (Phi) is 6.47. The second-order valence-corrected chi connectivity index (χ2v) is 7.57. The maximum absolute atomic E-state index is 12.7. The van der Waals surface area contributed by atoms with Gasteiger partial charge in [0.05, 0.1) is 0 Å². The topological polar surface area (TPSA) is 71.0 Å². The molecular formula is C18H25N3O3S. The number of amides is 2. The molecule has 136 valence electrons. The summed E-state index contributed by atoms with van der Waals surface area (Å²) in [5, 5.41) is 3.01. The Morgan fingerprint density at radius 2 is 1.96 bits per heavy atom. The average Bonchev–Trinajstić information content (AvgIpc) is 3.03. The zero-order valence-corrected chi connectivity index (χ0v) is 15.9. The maximum atomic E-state index is 12.7. The Morgan fingerprint density at radius 1 is 1.28 bits per heavy atom. The van der Waals surface area contributed by atoms with Gasteiger partial charge >= 0.3 is 6.09 Å². The van der Waals surface area contributed by atoms with Crippen LogP contribution in [0.15, 0.2) is 35.3 Å². The number of hydrogen-bond acceptors (Lipinski definition) is 5. The summed E-state index contributed by atoms with van der Waals surface area (Å²) in [5.74, 6) is -0.155. The monoisotopic (exact) mass is 363 g/mol. The SMILES string of the molecule is CSC(=NC(=O)OC(C)(C)C)NC(=O)[C@@H]1CCCN1c1ccccc1. The minimum atomic E-state index is -0.705. The molecule has 25 heavy (non-hydrogen) atoms. The summed E-state index contributed by atoms with van der Waals surface area (Å²) in [7, 11) is 0. The number of nitrogens with zero attached hydrogens (tertiary/aromatic N) is 2. The molecule has 0 bridgehead atoms. The predicted molar refractivity (Wildman–Crippen MR) is 102 cm³/mol. The van der Waals surface area contributed by atoms with Crippen molar-refractivity contribution < 1.29 is 14.3 Å². The Morgan fingerprint density at radius 3 is 2.56 bits per heavy atom. The third-order valence-corrected chi connectivity index (χ3v) is 4.23. The first-order valence-electron chi connectivity index (χ1n) is 8.28. The molecule has 1 N–H and O–H groups in total. The molecule has 1 fully saturated rings. The number of carbonyl (C=O) groups excluding carboxylic acids is 2. The maximum Gasteiger partial charge on any atom is 0.436 e. The van der Waals surface area contributed by atoms with Gasteiger partial charge in [-0.1, -0.05) is 30.0 Å². The Bertz CT molecular complexity index is 641. The number of amidine groups is 1. The van der Waals surface area contributed by atoms with Crippen molar-refractivity contribution >= 4 is 34.6 Å². The first-order valence-corrected chi connectivity index (χ1v) is 9.51. The van der Waals surface area contributed by atoms with Gasteiger partial charge in [0.15, 0.2) is 5.17 Å². The van der Waals surface area contributed by atoms with Crippen LogP contribution >= 0.6 is 11.8 Å². The van der Waals surface area contributed by atoms with Crippen LogP contribution in [0.25, 0.3) is 0 Å². The van der Waals surface area contributed by atoms with Gasteiger partial charge in [0.2, 0.25) is 5.91 Å². The van der Waals surface area contributed by atoms with Crippen LogP contribution in [0, 0.1) is 0 Å². The molecule has 1 aliphatic heterocycles. The zero-order valence-electron chi connectivity index (χ0n) is 15.1. The zero-order chi connectivity index (χ0) is 18.4. The molecule has 0 unspecified atom stereocenters. The van der Waals surface area contributed by atoms with Gasteiger partial charge in [0.1, 0.15) is 11.6 Å². The van der Waals surface area contributed by atoms with Crippen LogP contribution in [0.3, 0.4) is 0 Å². The van der Waals surface area contributed by atoms with Crippen molar-refractivity contribution in [2.45, 2.75) is 45.3 Å². The third-order valence-electron chi connectivity index (χ3n) is 3.65. The average molecular weight is 363 g/mol. The molecule has 6 nitrogen and oxygen atoms in total. The molecule has 7 heteroatoms. The van der Waals surface area contributed by atoms with E-state index < -0.39 is 11.7 Å². The van der Waals surface area contributed by atoms with Gasteiger partial charge in [-0.15, -0.1) is 0 Å². The first kappa shape index (κ1) is 19.3. The second kappa shape index (κ2) is 8.38. The fraction of sp³-hybridized carbons (Fsp3) is 0.500. The number of carbonyl (C=O) groups is 2. The van der Waals surface area contributed by atoms with Crippen molar-refractivity contribution in [1.29, 1.82) is 0 Å². The highest BCUT2D eigenvalue weighted by molar-refractivity contribution is 8.13. The highest BCUT2D eigenvalue weighted by atomic mass is 32.2. The number of thioether (sulfide) groups is 1. The highest BCUT2D eigenvalue weighted by Crippen LogP contribution is 2.25. The third kappa shape index (κ3) is 5.77. The molecule has 1 saturated heterocycles. The standard InChI is InChI=1S/C18H25N3O3S/c1-18(2,3)24-17(23)20-16(25-4)19-15(22)14-11-8-12-21(14)13-9-6-5-7-10-13/h5-7,9-10,14H,8,11-12H2,1-4H3,(H,19,20,22,23)/t14-/m0/s1. The summed E-state index contributed by atoms with van der Waals surface area (Å²) in [6, 6.07) is 9.60. The number of rotatable bonds is 2. The number of ether oxygens (including phenoxy) is 1. The van der Waals surface area contributed by atoms with E-state index in [0.717, 1.165) is 25.1 Å². The van der Waals surface area contributed by atoms with E-state index in [2.05, 4.69) is 15.2 Å². The number of aliphatic imine (C=N–C) groups is 1. The molecule has 0 aromatic heterocycles.